The maximum atomic E-state index is 8.88. The van der Waals surface area contributed by atoms with Crippen LogP contribution in [0.4, 0.5) is 0 Å². The van der Waals surface area contributed by atoms with Crippen LogP contribution in [0.2, 0.25) is 0 Å². The molecule has 1 saturated carbocycles. The number of hydrogen-bond donors (Lipinski definition) is 1. The average molecular weight is 270 g/mol. The molecule has 0 aromatic carbocycles. The summed E-state index contributed by atoms with van der Waals surface area (Å²) in [5.74, 6) is 0.967. The maximum Gasteiger partial charge on any atom is 0.140 e. The van der Waals surface area contributed by atoms with Gasteiger partial charge in [-0.2, -0.15) is 5.26 Å². The van der Waals surface area contributed by atoms with Gasteiger partial charge in [-0.1, -0.05) is 0 Å². The fraction of sp³-hybridized carbons (Fsp3) is 0.625. The predicted molar refractivity (Wildman–Crippen MR) is 78.0 cm³/mol. The average Bonchev–Trinajstić information content (AvgIpc) is 3.31. The minimum atomic E-state index is 0.517. The van der Waals surface area contributed by atoms with E-state index in [0.29, 0.717) is 11.7 Å². The van der Waals surface area contributed by atoms with Crippen LogP contribution in [-0.4, -0.2) is 35.6 Å². The molecular weight excluding hydrogens is 248 g/mol. The van der Waals surface area contributed by atoms with E-state index in [4.69, 9.17) is 5.26 Å². The van der Waals surface area contributed by atoms with Gasteiger partial charge in [0.25, 0.3) is 0 Å². The highest BCUT2D eigenvalue weighted by molar-refractivity contribution is 5.25. The van der Waals surface area contributed by atoms with E-state index >= 15 is 0 Å². The molecule has 2 heterocycles. The molecule has 0 bridgehead atoms. The molecule has 106 valence electrons. The summed E-state index contributed by atoms with van der Waals surface area (Å²) in [5, 5.41) is 12.6. The molecule has 1 aromatic rings. The number of hydrogen-bond acceptors (Lipinski definition) is 4. The molecule has 2 aliphatic rings. The summed E-state index contributed by atoms with van der Waals surface area (Å²) in [7, 11) is 0. The van der Waals surface area contributed by atoms with Gasteiger partial charge in [0.1, 0.15) is 11.8 Å². The van der Waals surface area contributed by atoms with Crippen LogP contribution in [0.15, 0.2) is 18.3 Å². The Morgan fingerprint density at radius 2 is 2.10 bits per heavy atom. The van der Waals surface area contributed by atoms with E-state index in [1.807, 2.05) is 12.1 Å². The van der Waals surface area contributed by atoms with E-state index in [9.17, 15) is 0 Å². The molecule has 1 saturated heterocycles. The smallest absolute Gasteiger partial charge is 0.140 e. The number of rotatable bonds is 5. The molecule has 3 rings (SSSR count). The molecule has 1 aromatic heterocycles. The second kappa shape index (κ2) is 6.34. The Morgan fingerprint density at radius 3 is 2.80 bits per heavy atom. The Kier molecular flexibility index (Phi) is 4.29. The van der Waals surface area contributed by atoms with Crippen molar-refractivity contribution in [2.75, 3.05) is 19.6 Å². The lowest BCUT2D eigenvalue weighted by molar-refractivity contribution is 0.190. The van der Waals surface area contributed by atoms with Gasteiger partial charge in [-0.15, -0.1) is 0 Å². The number of nitriles is 1. The van der Waals surface area contributed by atoms with Crippen molar-refractivity contribution >= 4 is 0 Å². The van der Waals surface area contributed by atoms with E-state index in [1.54, 1.807) is 6.20 Å². The van der Waals surface area contributed by atoms with E-state index in [0.717, 1.165) is 25.6 Å². The van der Waals surface area contributed by atoms with Gasteiger partial charge >= 0.3 is 0 Å². The van der Waals surface area contributed by atoms with Gasteiger partial charge in [-0.05, 0) is 68.9 Å². The zero-order chi connectivity index (χ0) is 13.8. The molecule has 0 spiro atoms. The minimum absolute atomic E-state index is 0.517. The van der Waals surface area contributed by atoms with E-state index in [1.165, 1.54) is 37.8 Å². The Bertz CT molecular complexity index is 481. The van der Waals surface area contributed by atoms with E-state index in [-0.39, 0.29) is 0 Å². The minimum Gasteiger partial charge on any atom is -0.314 e. The largest absolute Gasteiger partial charge is 0.314 e. The monoisotopic (exact) mass is 270 g/mol. The quantitative estimate of drug-likeness (QED) is 0.888. The molecule has 1 aliphatic carbocycles. The summed E-state index contributed by atoms with van der Waals surface area (Å²) in [5.41, 5.74) is 1.71. The SMILES string of the molecule is N#Cc1cc(CN2CCC(NCC3CC3)CC2)ccn1. The summed E-state index contributed by atoms with van der Waals surface area (Å²) < 4.78 is 0. The van der Waals surface area contributed by atoms with Gasteiger partial charge in [0, 0.05) is 18.8 Å². The Hall–Kier alpha value is -1.44. The first kappa shape index (κ1) is 13.5. The van der Waals surface area contributed by atoms with Crippen LogP contribution in [0.3, 0.4) is 0 Å². The molecule has 4 nitrogen and oxygen atoms in total. The van der Waals surface area contributed by atoms with Crippen LogP contribution >= 0.6 is 0 Å². The van der Waals surface area contributed by atoms with Crippen molar-refractivity contribution in [1.29, 1.82) is 5.26 Å². The van der Waals surface area contributed by atoms with Crippen LogP contribution in [0.5, 0.6) is 0 Å². The standard InChI is InChI=1S/C16H22N4/c17-10-16-9-14(3-6-18-16)12-20-7-4-15(5-8-20)19-11-13-1-2-13/h3,6,9,13,15,19H,1-2,4-5,7-8,11-12H2. The van der Waals surface area contributed by atoms with Crippen LogP contribution in [0, 0.1) is 17.2 Å². The first-order valence-corrected chi connectivity index (χ1v) is 7.64. The normalized spacial score (nSPS) is 20.8. The van der Waals surface area contributed by atoms with Gasteiger partial charge in [-0.25, -0.2) is 4.98 Å². The first-order valence-electron chi connectivity index (χ1n) is 7.64. The summed E-state index contributed by atoms with van der Waals surface area (Å²) in [6.45, 7) is 4.45. The van der Waals surface area contributed by atoms with Crippen molar-refractivity contribution in [2.24, 2.45) is 5.92 Å². The lowest BCUT2D eigenvalue weighted by Gasteiger charge is -2.32. The highest BCUT2D eigenvalue weighted by atomic mass is 15.1. The number of aromatic nitrogens is 1. The lowest BCUT2D eigenvalue weighted by Crippen LogP contribution is -2.42. The Balaban J connectivity index is 1.44. The van der Waals surface area contributed by atoms with E-state index in [2.05, 4.69) is 21.3 Å². The van der Waals surface area contributed by atoms with Crippen molar-refractivity contribution in [3.63, 3.8) is 0 Å². The second-order valence-electron chi connectivity index (χ2n) is 6.06. The number of likely N-dealkylation sites (tertiary alicyclic amines) is 1. The molecular formula is C16H22N4. The van der Waals surface area contributed by atoms with Gasteiger partial charge in [0.15, 0.2) is 0 Å². The lowest BCUT2D eigenvalue weighted by atomic mass is 10.0. The van der Waals surface area contributed by atoms with Gasteiger partial charge in [-0.3, -0.25) is 4.90 Å². The highest BCUT2D eigenvalue weighted by Gasteiger charge is 2.24. The van der Waals surface area contributed by atoms with Gasteiger partial charge in [0.2, 0.25) is 0 Å². The number of piperidine rings is 1. The van der Waals surface area contributed by atoms with Crippen molar-refractivity contribution in [3.05, 3.63) is 29.6 Å². The maximum absolute atomic E-state index is 8.88. The molecule has 0 amide bonds. The summed E-state index contributed by atoms with van der Waals surface area (Å²) in [6, 6.07) is 6.73. The molecule has 0 unspecified atom stereocenters. The number of pyridine rings is 1. The van der Waals surface area contributed by atoms with Crippen molar-refractivity contribution in [2.45, 2.75) is 38.3 Å². The van der Waals surface area contributed by atoms with Crippen LogP contribution in [-0.2, 0) is 6.54 Å². The summed E-state index contributed by atoms with van der Waals surface area (Å²) >= 11 is 0. The van der Waals surface area contributed by atoms with Crippen molar-refractivity contribution in [3.8, 4) is 6.07 Å². The zero-order valence-corrected chi connectivity index (χ0v) is 11.9. The van der Waals surface area contributed by atoms with Gasteiger partial charge in [0.05, 0.1) is 0 Å². The Morgan fingerprint density at radius 1 is 1.30 bits per heavy atom. The third-order valence-electron chi connectivity index (χ3n) is 4.32. The fourth-order valence-corrected chi connectivity index (χ4v) is 2.84. The van der Waals surface area contributed by atoms with Gasteiger partial charge < -0.3 is 5.32 Å². The van der Waals surface area contributed by atoms with Crippen molar-refractivity contribution < 1.29 is 0 Å². The molecule has 0 radical (unpaired) electrons. The molecule has 4 heteroatoms. The second-order valence-corrected chi connectivity index (χ2v) is 6.06. The highest BCUT2D eigenvalue weighted by Crippen LogP contribution is 2.28. The van der Waals surface area contributed by atoms with Crippen LogP contribution < -0.4 is 5.32 Å². The summed E-state index contributed by atoms with van der Waals surface area (Å²) in [4.78, 5) is 6.50. The fourth-order valence-electron chi connectivity index (χ4n) is 2.84. The zero-order valence-electron chi connectivity index (χ0n) is 11.9. The topological polar surface area (TPSA) is 52.0 Å². The predicted octanol–water partition coefficient (Wildman–Crippen LogP) is 1.92. The third-order valence-corrected chi connectivity index (χ3v) is 4.32. The molecule has 0 atom stereocenters. The van der Waals surface area contributed by atoms with Crippen molar-refractivity contribution in [1.82, 2.24) is 15.2 Å². The number of nitrogens with one attached hydrogen (secondary N) is 1. The van der Waals surface area contributed by atoms with E-state index < -0.39 is 0 Å². The van der Waals surface area contributed by atoms with Crippen LogP contribution in [0.1, 0.15) is 36.9 Å². The third kappa shape index (κ3) is 3.78. The molecule has 1 aliphatic heterocycles. The number of nitrogens with zero attached hydrogens (tertiary/aromatic N) is 3. The Labute approximate surface area is 120 Å². The molecule has 2 fully saturated rings. The molecule has 20 heavy (non-hydrogen) atoms. The van der Waals surface area contributed by atoms with Crippen LogP contribution in [0.25, 0.3) is 0 Å². The molecule has 1 N–H and O–H groups in total. The first-order chi connectivity index (χ1) is 9.83. The summed E-state index contributed by atoms with van der Waals surface area (Å²) in [6.07, 6.45) is 7.06.